The molecule has 1 unspecified atom stereocenters. The molecule has 0 aliphatic rings. The molecule has 0 saturated heterocycles. The van der Waals surface area contributed by atoms with Crippen LogP contribution in [0.3, 0.4) is 0 Å². The van der Waals surface area contributed by atoms with Gasteiger partial charge in [0.25, 0.3) is 0 Å². The lowest BCUT2D eigenvalue weighted by molar-refractivity contribution is -0.161. The summed E-state index contributed by atoms with van der Waals surface area (Å²) in [4.78, 5) is 43.7. The quantitative estimate of drug-likeness (QED) is 0.273. The summed E-state index contributed by atoms with van der Waals surface area (Å²) >= 11 is 0. The Kier molecular flexibility index (Phi) is 7.30. The predicted octanol–water partition coefficient (Wildman–Crippen LogP) is -2.76. The monoisotopic (exact) mass is 274 g/mol. The van der Waals surface area contributed by atoms with Crippen LogP contribution in [0.2, 0.25) is 0 Å². The molecule has 0 spiro atoms. The van der Waals surface area contributed by atoms with Crippen LogP contribution in [0, 0.1) is 0 Å². The highest BCUT2D eigenvalue weighted by Crippen LogP contribution is 2.01. The smallest absolute Gasteiger partial charge is 0.330 e. The number of rotatable bonds is 8. The number of amides is 2. The summed E-state index contributed by atoms with van der Waals surface area (Å²) < 4.78 is 4.41. The highest BCUT2D eigenvalue weighted by Gasteiger charge is 2.23. The third-order valence-electron chi connectivity index (χ3n) is 2.21. The first-order chi connectivity index (χ1) is 8.73. The molecule has 0 rings (SSSR count). The van der Waals surface area contributed by atoms with Crippen LogP contribution < -0.4 is 22.9 Å². The molecule has 9 nitrogen and oxygen atoms in total. The van der Waals surface area contributed by atoms with Crippen molar-refractivity contribution in [2.24, 2.45) is 22.9 Å². The fourth-order valence-electron chi connectivity index (χ4n) is 1.08. The van der Waals surface area contributed by atoms with Gasteiger partial charge in [-0.15, -0.1) is 0 Å². The summed E-state index contributed by atoms with van der Waals surface area (Å²) in [5.41, 5.74) is 20.5. The van der Waals surface area contributed by atoms with Gasteiger partial charge in [0.05, 0.1) is 0 Å². The zero-order valence-corrected chi connectivity index (χ0v) is 10.3. The van der Waals surface area contributed by atoms with Crippen LogP contribution >= 0.6 is 0 Å². The van der Waals surface area contributed by atoms with Crippen LogP contribution in [-0.4, -0.2) is 35.8 Å². The Balaban J connectivity index is 4.12. The minimum absolute atomic E-state index is 0.0298. The van der Waals surface area contributed by atoms with E-state index in [1.165, 1.54) is 0 Å². The Labute approximate surface area is 109 Å². The van der Waals surface area contributed by atoms with Gasteiger partial charge in [0.1, 0.15) is 12.1 Å². The Morgan fingerprint density at radius 2 is 1.11 bits per heavy atom. The molecule has 8 N–H and O–H groups in total. The van der Waals surface area contributed by atoms with E-state index in [2.05, 4.69) is 4.74 Å². The van der Waals surface area contributed by atoms with Crippen molar-refractivity contribution >= 4 is 23.8 Å². The SMILES string of the molecule is NC(=O)CCC(N)C(=O)OC(=O)[C@@H](N)CCC(N)=O. The summed E-state index contributed by atoms with van der Waals surface area (Å²) in [6.07, 6.45) is -0.258. The molecule has 0 aromatic heterocycles. The number of hydrogen-bond donors (Lipinski definition) is 4. The molecule has 19 heavy (non-hydrogen) atoms. The number of carbonyl (C=O) groups is 4. The number of esters is 2. The van der Waals surface area contributed by atoms with Crippen molar-refractivity contribution in [1.82, 2.24) is 0 Å². The topological polar surface area (TPSA) is 182 Å². The van der Waals surface area contributed by atoms with E-state index < -0.39 is 35.8 Å². The van der Waals surface area contributed by atoms with Gasteiger partial charge < -0.3 is 27.7 Å². The van der Waals surface area contributed by atoms with Crippen LogP contribution in [0.15, 0.2) is 0 Å². The normalized spacial score (nSPS) is 13.4. The molecule has 0 radical (unpaired) electrons. The zero-order valence-electron chi connectivity index (χ0n) is 10.3. The van der Waals surface area contributed by atoms with Gasteiger partial charge in [-0.1, -0.05) is 0 Å². The van der Waals surface area contributed by atoms with Gasteiger partial charge in [-0.3, -0.25) is 9.59 Å². The number of hydrogen-bond acceptors (Lipinski definition) is 7. The fourth-order valence-corrected chi connectivity index (χ4v) is 1.08. The van der Waals surface area contributed by atoms with Crippen molar-refractivity contribution < 1.29 is 23.9 Å². The maximum absolute atomic E-state index is 11.3. The van der Waals surface area contributed by atoms with Gasteiger partial charge >= 0.3 is 11.9 Å². The molecule has 0 aliphatic carbocycles. The second kappa shape index (κ2) is 8.16. The van der Waals surface area contributed by atoms with Crippen molar-refractivity contribution in [3.63, 3.8) is 0 Å². The highest BCUT2D eigenvalue weighted by molar-refractivity contribution is 5.91. The Bertz CT molecular complexity index is 337. The minimum Gasteiger partial charge on any atom is -0.391 e. The minimum atomic E-state index is -1.14. The summed E-state index contributed by atoms with van der Waals surface area (Å²) in [7, 11) is 0. The van der Waals surface area contributed by atoms with E-state index in [9.17, 15) is 19.2 Å². The fraction of sp³-hybridized carbons (Fsp3) is 0.600. The summed E-state index contributed by atoms with van der Waals surface area (Å²) in [6, 6.07) is -2.28. The van der Waals surface area contributed by atoms with E-state index in [-0.39, 0.29) is 25.7 Å². The van der Waals surface area contributed by atoms with E-state index in [0.29, 0.717) is 0 Å². The second-order valence-corrected chi connectivity index (χ2v) is 3.96. The van der Waals surface area contributed by atoms with Crippen LogP contribution in [0.5, 0.6) is 0 Å². The molecular formula is C10H18N4O5. The molecule has 0 aliphatic heterocycles. The van der Waals surface area contributed by atoms with Crippen molar-refractivity contribution in [2.75, 3.05) is 0 Å². The molecule has 2 atom stereocenters. The molecule has 0 aromatic rings. The lowest BCUT2D eigenvalue weighted by Gasteiger charge is -2.12. The predicted molar refractivity (Wildman–Crippen MR) is 63.9 cm³/mol. The van der Waals surface area contributed by atoms with E-state index in [1.54, 1.807) is 0 Å². The lowest BCUT2D eigenvalue weighted by atomic mass is 10.1. The standard InChI is InChI=1S/C10H18N4O5/c11-5(1-3-7(13)15)9(17)19-10(18)6(12)2-4-8(14)16/h5-6H,1-4,11-12H2,(H2,13,15)(H2,14,16)/t5-,6?/m0/s1. The lowest BCUT2D eigenvalue weighted by Crippen LogP contribution is -2.40. The number of carbonyl (C=O) groups excluding carboxylic acids is 4. The average molecular weight is 274 g/mol. The van der Waals surface area contributed by atoms with Crippen molar-refractivity contribution in [1.29, 1.82) is 0 Å². The van der Waals surface area contributed by atoms with Crippen LogP contribution in [0.1, 0.15) is 25.7 Å². The highest BCUT2D eigenvalue weighted by atomic mass is 16.6. The number of nitrogens with two attached hydrogens (primary N) is 4. The Hall–Kier alpha value is -2.00. The summed E-state index contributed by atoms with van der Waals surface area (Å²) in [5.74, 6) is -3.23. The van der Waals surface area contributed by atoms with Crippen LogP contribution in [0.4, 0.5) is 0 Å². The zero-order chi connectivity index (χ0) is 15.0. The Morgan fingerprint density at radius 3 is 1.37 bits per heavy atom. The average Bonchev–Trinajstić information content (AvgIpc) is 2.32. The third kappa shape index (κ3) is 7.84. The van der Waals surface area contributed by atoms with Gasteiger partial charge in [-0.05, 0) is 12.8 Å². The molecule has 0 bridgehead atoms. The molecule has 2 amide bonds. The van der Waals surface area contributed by atoms with Gasteiger partial charge in [0, 0.05) is 12.8 Å². The van der Waals surface area contributed by atoms with E-state index in [4.69, 9.17) is 22.9 Å². The van der Waals surface area contributed by atoms with E-state index in [0.717, 1.165) is 0 Å². The first-order valence-corrected chi connectivity index (χ1v) is 5.57. The molecule has 0 saturated carbocycles. The van der Waals surface area contributed by atoms with E-state index >= 15 is 0 Å². The maximum Gasteiger partial charge on any atom is 0.330 e. The third-order valence-corrected chi connectivity index (χ3v) is 2.21. The van der Waals surface area contributed by atoms with E-state index in [1.807, 2.05) is 0 Å². The first kappa shape index (κ1) is 17.0. The van der Waals surface area contributed by atoms with Crippen LogP contribution in [-0.2, 0) is 23.9 Å². The number of ether oxygens (including phenoxy) is 1. The van der Waals surface area contributed by atoms with Crippen molar-refractivity contribution in [3.05, 3.63) is 0 Å². The molecule has 0 fully saturated rings. The van der Waals surface area contributed by atoms with Gasteiger partial charge in [-0.25, -0.2) is 9.59 Å². The van der Waals surface area contributed by atoms with Crippen molar-refractivity contribution in [2.45, 2.75) is 37.8 Å². The van der Waals surface area contributed by atoms with Gasteiger partial charge in [0.2, 0.25) is 11.8 Å². The number of primary amides is 2. The largest absolute Gasteiger partial charge is 0.391 e. The first-order valence-electron chi connectivity index (χ1n) is 5.57. The molecule has 108 valence electrons. The van der Waals surface area contributed by atoms with Crippen molar-refractivity contribution in [3.8, 4) is 0 Å². The molecular weight excluding hydrogens is 256 g/mol. The Morgan fingerprint density at radius 1 is 0.789 bits per heavy atom. The molecule has 0 heterocycles. The van der Waals surface area contributed by atoms with Crippen LogP contribution in [0.25, 0.3) is 0 Å². The molecule has 0 aromatic carbocycles. The molecule has 9 heteroatoms. The van der Waals surface area contributed by atoms with Gasteiger partial charge in [0.15, 0.2) is 0 Å². The summed E-state index contributed by atoms with van der Waals surface area (Å²) in [5, 5.41) is 0. The van der Waals surface area contributed by atoms with Gasteiger partial charge in [-0.2, -0.15) is 0 Å². The second-order valence-electron chi connectivity index (χ2n) is 3.96. The maximum atomic E-state index is 11.3. The summed E-state index contributed by atoms with van der Waals surface area (Å²) in [6.45, 7) is 0.